The monoisotopic (exact) mass is 460 g/mol. The summed E-state index contributed by atoms with van der Waals surface area (Å²) >= 11 is 0. The zero-order chi connectivity index (χ0) is 23.0. The molecule has 0 atom stereocenters. The molecule has 1 aromatic rings. The molecule has 5 nitrogen and oxygen atoms in total. The van der Waals surface area contributed by atoms with Crippen molar-refractivity contribution < 1.29 is 26.4 Å². The predicted octanol–water partition coefficient (Wildman–Crippen LogP) is 4.61. The van der Waals surface area contributed by atoms with Gasteiger partial charge in [0.25, 0.3) is 5.91 Å². The van der Waals surface area contributed by atoms with Crippen LogP contribution in [0.3, 0.4) is 0 Å². The molecule has 1 aromatic heterocycles. The summed E-state index contributed by atoms with van der Waals surface area (Å²) < 4.78 is 63.5. The van der Waals surface area contributed by atoms with Crippen LogP contribution in [0.2, 0.25) is 0 Å². The molecule has 0 radical (unpaired) electrons. The Kier molecular flexibility index (Phi) is 6.75. The van der Waals surface area contributed by atoms with Gasteiger partial charge in [0.1, 0.15) is 5.69 Å². The SMILES string of the molecule is CCS(=O)(=O)C1CCC(CNC(=O)c2c(C)cc(C(F)(F)F)nc2C)(CC2CC2)CC1. The Balaban J connectivity index is 1.72. The van der Waals surface area contributed by atoms with E-state index < -0.39 is 27.6 Å². The van der Waals surface area contributed by atoms with E-state index in [4.69, 9.17) is 0 Å². The molecule has 9 heteroatoms. The van der Waals surface area contributed by atoms with Crippen LogP contribution in [-0.2, 0) is 16.0 Å². The van der Waals surface area contributed by atoms with Crippen molar-refractivity contribution in [1.82, 2.24) is 10.3 Å². The Hall–Kier alpha value is -1.64. The predicted molar refractivity (Wildman–Crippen MR) is 113 cm³/mol. The maximum atomic E-state index is 13.0. The first-order chi connectivity index (χ1) is 14.4. The van der Waals surface area contributed by atoms with E-state index in [2.05, 4.69) is 10.3 Å². The Bertz CT molecular complexity index is 909. The molecule has 1 N–H and O–H groups in total. The van der Waals surface area contributed by atoms with Crippen molar-refractivity contribution >= 4 is 15.7 Å². The van der Waals surface area contributed by atoms with E-state index in [-0.39, 0.29) is 33.2 Å². The number of rotatable bonds is 7. The fraction of sp³-hybridized carbons (Fsp3) is 0.727. The largest absolute Gasteiger partial charge is 0.433 e. The van der Waals surface area contributed by atoms with E-state index in [1.54, 1.807) is 6.92 Å². The van der Waals surface area contributed by atoms with Crippen LogP contribution in [0.15, 0.2) is 6.07 Å². The van der Waals surface area contributed by atoms with E-state index >= 15 is 0 Å². The molecule has 1 heterocycles. The quantitative estimate of drug-likeness (QED) is 0.645. The van der Waals surface area contributed by atoms with Crippen molar-refractivity contribution in [3.63, 3.8) is 0 Å². The number of carbonyl (C=O) groups is 1. The average Bonchev–Trinajstić information content (AvgIpc) is 3.49. The maximum absolute atomic E-state index is 13.0. The number of halogens is 3. The van der Waals surface area contributed by atoms with Gasteiger partial charge in [0, 0.05) is 12.3 Å². The average molecular weight is 461 g/mol. The summed E-state index contributed by atoms with van der Waals surface area (Å²) in [5.41, 5.74) is -0.681. The number of carbonyl (C=O) groups excluding carboxylic acids is 1. The first-order valence-electron chi connectivity index (χ1n) is 10.9. The van der Waals surface area contributed by atoms with Gasteiger partial charge in [0.05, 0.1) is 16.5 Å². The smallest absolute Gasteiger partial charge is 0.351 e. The fourth-order valence-corrected chi connectivity index (χ4v) is 6.29. The highest BCUT2D eigenvalue weighted by Crippen LogP contribution is 2.48. The third-order valence-corrected chi connectivity index (χ3v) is 9.15. The van der Waals surface area contributed by atoms with Crippen LogP contribution in [-0.4, -0.2) is 36.9 Å². The maximum Gasteiger partial charge on any atom is 0.433 e. The second kappa shape index (κ2) is 8.71. The van der Waals surface area contributed by atoms with E-state index in [1.165, 1.54) is 13.8 Å². The minimum Gasteiger partial charge on any atom is -0.351 e. The summed E-state index contributed by atoms with van der Waals surface area (Å²) in [7, 11) is -3.07. The van der Waals surface area contributed by atoms with Gasteiger partial charge in [-0.1, -0.05) is 19.8 Å². The second-order valence-electron chi connectivity index (χ2n) is 9.26. The van der Waals surface area contributed by atoms with Crippen molar-refractivity contribution in [2.75, 3.05) is 12.3 Å². The third kappa shape index (κ3) is 5.59. The summed E-state index contributed by atoms with van der Waals surface area (Å²) in [6.45, 7) is 4.98. The molecular formula is C22H31F3N2O3S. The molecule has 1 amide bonds. The molecule has 0 saturated heterocycles. The number of hydrogen-bond acceptors (Lipinski definition) is 4. The van der Waals surface area contributed by atoms with E-state index in [0.29, 0.717) is 25.3 Å². The van der Waals surface area contributed by atoms with Crippen LogP contribution in [0, 0.1) is 25.2 Å². The van der Waals surface area contributed by atoms with E-state index in [0.717, 1.165) is 38.2 Å². The highest BCUT2D eigenvalue weighted by molar-refractivity contribution is 7.92. The molecule has 174 valence electrons. The van der Waals surface area contributed by atoms with Crippen molar-refractivity contribution in [2.24, 2.45) is 11.3 Å². The Morgan fingerprint density at radius 1 is 1.19 bits per heavy atom. The zero-order valence-corrected chi connectivity index (χ0v) is 19.1. The summed E-state index contributed by atoms with van der Waals surface area (Å²) in [5.74, 6) is 0.339. The van der Waals surface area contributed by atoms with Gasteiger partial charge >= 0.3 is 6.18 Å². The number of amides is 1. The third-order valence-electron chi connectivity index (χ3n) is 6.86. The zero-order valence-electron chi connectivity index (χ0n) is 18.3. The van der Waals surface area contributed by atoms with Crippen LogP contribution in [0.1, 0.15) is 79.2 Å². The second-order valence-corrected chi connectivity index (χ2v) is 11.8. The number of aryl methyl sites for hydroxylation is 2. The topological polar surface area (TPSA) is 76.1 Å². The van der Waals surface area contributed by atoms with Gasteiger partial charge in [-0.05, 0) is 68.9 Å². The van der Waals surface area contributed by atoms with E-state index in [1.807, 2.05) is 0 Å². The lowest BCUT2D eigenvalue weighted by Gasteiger charge is -2.40. The van der Waals surface area contributed by atoms with Crippen molar-refractivity contribution in [3.05, 3.63) is 28.6 Å². The van der Waals surface area contributed by atoms with Gasteiger partial charge in [-0.2, -0.15) is 13.2 Å². The molecule has 2 aliphatic carbocycles. The summed E-state index contributed by atoms with van der Waals surface area (Å²) in [5, 5.41) is 2.62. The number of hydrogen-bond donors (Lipinski definition) is 1. The number of aromatic nitrogens is 1. The van der Waals surface area contributed by atoms with Crippen LogP contribution >= 0.6 is 0 Å². The Morgan fingerprint density at radius 2 is 1.81 bits per heavy atom. The number of alkyl halides is 3. The molecule has 0 spiro atoms. The standard InChI is InChI=1S/C22H31F3N2O3S/c1-4-31(29,30)17-7-9-21(10-8-17,12-16-5-6-16)13-26-20(28)19-14(2)11-18(22(23,24)25)27-15(19)3/h11,16-17H,4-10,12-13H2,1-3H3,(H,26,28). The summed E-state index contributed by atoms with van der Waals surface area (Å²) in [6, 6.07) is 0.905. The first kappa shape index (κ1) is 24.0. The number of pyridine rings is 1. The minimum atomic E-state index is -4.56. The van der Waals surface area contributed by atoms with E-state index in [9.17, 15) is 26.4 Å². The first-order valence-corrected chi connectivity index (χ1v) is 12.6. The van der Waals surface area contributed by atoms with Crippen LogP contribution in [0.4, 0.5) is 13.2 Å². The lowest BCUT2D eigenvalue weighted by atomic mass is 9.70. The molecule has 31 heavy (non-hydrogen) atoms. The van der Waals surface area contributed by atoms with Crippen LogP contribution < -0.4 is 5.32 Å². The molecular weight excluding hydrogens is 429 g/mol. The lowest BCUT2D eigenvalue weighted by molar-refractivity contribution is -0.141. The summed E-state index contributed by atoms with van der Waals surface area (Å²) in [4.78, 5) is 16.5. The van der Waals surface area contributed by atoms with Gasteiger partial charge in [0.15, 0.2) is 9.84 Å². The molecule has 0 bridgehead atoms. The number of nitrogens with zero attached hydrogens (tertiary/aromatic N) is 1. The van der Waals surface area contributed by atoms with Crippen molar-refractivity contribution in [1.29, 1.82) is 0 Å². The highest BCUT2D eigenvalue weighted by atomic mass is 32.2. The van der Waals surface area contributed by atoms with Crippen LogP contribution in [0.25, 0.3) is 0 Å². The molecule has 2 fully saturated rings. The van der Waals surface area contributed by atoms with Gasteiger partial charge in [-0.3, -0.25) is 4.79 Å². The van der Waals surface area contributed by atoms with Gasteiger partial charge in [-0.25, -0.2) is 13.4 Å². The van der Waals surface area contributed by atoms with Gasteiger partial charge < -0.3 is 5.32 Å². The lowest BCUT2D eigenvalue weighted by Crippen LogP contribution is -2.43. The van der Waals surface area contributed by atoms with Gasteiger partial charge in [0.2, 0.25) is 0 Å². The normalized spacial score (nSPS) is 24.8. The van der Waals surface area contributed by atoms with Crippen LogP contribution in [0.5, 0.6) is 0 Å². The highest BCUT2D eigenvalue weighted by Gasteiger charge is 2.42. The Labute approximate surface area is 182 Å². The molecule has 0 aliphatic heterocycles. The minimum absolute atomic E-state index is 0.0545. The molecule has 2 saturated carbocycles. The molecule has 0 unspecified atom stereocenters. The van der Waals surface area contributed by atoms with Crippen molar-refractivity contribution in [3.8, 4) is 0 Å². The molecule has 3 rings (SSSR count). The number of nitrogens with one attached hydrogen (secondary N) is 1. The Morgan fingerprint density at radius 3 is 2.29 bits per heavy atom. The fourth-order valence-electron chi connectivity index (χ4n) is 4.86. The molecule has 0 aromatic carbocycles. The molecule has 2 aliphatic rings. The van der Waals surface area contributed by atoms with Crippen molar-refractivity contribution in [2.45, 2.75) is 77.1 Å². The summed E-state index contributed by atoms with van der Waals surface area (Å²) in [6.07, 6.45) is 1.37. The van der Waals surface area contributed by atoms with Gasteiger partial charge in [-0.15, -0.1) is 0 Å². The number of sulfone groups is 1.